The van der Waals surface area contributed by atoms with E-state index in [1.165, 1.54) is 21.1 Å². The van der Waals surface area contributed by atoms with Crippen molar-refractivity contribution in [1.29, 1.82) is 0 Å². The minimum absolute atomic E-state index is 0.206. The zero-order valence-corrected chi connectivity index (χ0v) is 15.4. The van der Waals surface area contributed by atoms with Gasteiger partial charge in [0.25, 0.3) is 0 Å². The van der Waals surface area contributed by atoms with Crippen molar-refractivity contribution in [3.8, 4) is 0 Å². The maximum atomic E-state index is 12.5. The Morgan fingerprint density at radius 2 is 1.65 bits per heavy atom. The Labute approximate surface area is 152 Å². The highest BCUT2D eigenvalue weighted by atomic mass is 16.5. The summed E-state index contributed by atoms with van der Waals surface area (Å²) in [6, 6.07) is 9.13. The van der Waals surface area contributed by atoms with Crippen molar-refractivity contribution in [1.82, 2.24) is 5.32 Å². The van der Waals surface area contributed by atoms with E-state index < -0.39 is 23.9 Å². The van der Waals surface area contributed by atoms with Crippen LogP contribution in [0.5, 0.6) is 0 Å². The summed E-state index contributed by atoms with van der Waals surface area (Å²) in [6.45, 7) is 3.18. The number of carbonyl (C=O) groups excluding carboxylic acids is 3. The molecule has 6 nitrogen and oxygen atoms in total. The van der Waals surface area contributed by atoms with Gasteiger partial charge >= 0.3 is 11.9 Å². The van der Waals surface area contributed by atoms with Gasteiger partial charge < -0.3 is 14.8 Å². The summed E-state index contributed by atoms with van der Waals surface area (Å²) in [5, 5.41) is 2.82. The van der Waals surface area contributed by atoms with Crippen LogP contribution in [0.3, 0.4) is 0 Å². The molecule has 0 unspecified atom stereocenters. The Morgan fingerprint density at radius 1 is 1.04 bits per heavy atom. The van der Waals surface area contributed by atoms with E-state index in [4.69, 9.17) is 9.47 Å². The van der Waals surface area contributed by atoms with Gasteiger partial charge in [0.05, 0.1) is 31.4 Å². The van der Waals surface area contributed by atoms with Gasteiger partial charge in [0.2, 0.25) is 5.91 Å². The second-order valence-electron chi connectivity index (χ2n) is 6.14. The van der Waals surface area contributed by atoms with Gasteiger partial charge in [-0.2, -0.15) is 0 Å². The predicted octanol–water partition coefficient (Wildman–Crippen LogP) is 1.95. The van der Waals surface area contributed by atoms with E-state index in [-0.39, 0.29) is 17.1 Å². The molecule has 2 rings (SSSR count). The summed E-state index contributed by atoms with van der Waals surface area (Å²) in [5.74, 6) is -1.85. The lowest BCUT2D eigenvalue weighted by molar-refractivity contribution is -0.139. The van der Waals surface area contributed by atoms with Crippen LogP contribution in [0.25, 0.3) is 0 Å². The summed E-state index contributed by atoms with van der Waals surface area (Å²) < 4.78 is 9.81. The van der Waals surface area contributed by atoms with Crippen molar-refractivity contribution in [3.63, 3.8) is 0 Å². The first-order valence-corrected chi connectivity index (χ1v) is 8.31. The van der Waals surface area contributed by atoms with E-state index in [1.807, 2.05) is 36.4 Å². The number of nitrogens with one attached hydrogen (secondary N) is 1. The number of methoxy groups -OCH3 is 2. The number of esters is 2. The van der Waals surface area contributed by atoms with Crippen LogP contribution in [0.4, 0.5) is 0 Å². The maximum absolute atomic E-state index is 12.5. The summed E-state index contributed by atoms with van der Waals surface area (Å²) in [5.41, 5.74) is 2.02. The van der Waals surface area contributed by atoms with Crippen molar-refractivity contribution in [2.75, 3.05) is 14.2 Å². The molecule has 0 fully saturated rings. The third-order valence-corrected chi connectivity index (χ3v) is 4.37. The molecule has 26 heavy (non-hydrogen) atoms. The summed E-state index contributed by atoms with van der Waals surface area (Å²) in [6.07, 6.45) is 2.24. The average molecular weight is 357 g/mol. The van der Waals surface area contributed by atoms with Crippen molar-refractivity contribution >= 4 is 17.8 Å². The van der Waals surface area contributed by atoms with Gasteiger partial charge in [-0.1, -0.05) is 43.3 Å². The maximum Gasteiger partial charge on any atom is 0.338 e. The minimum atomic E-state index is -0.605. The topological polar surface area (TPSA) is 81.7 Å². The molecule has 0 aliphatic heterocycles. The highest BCUT2D eigenvalue weighted by Crippen LogP contribution is 2.33. The lowest BCUT2D eigenvalue weighted by Gasteiger charge is -2.31. The second-order valence-corrected chi connectivity index (χ2v) is 6.14. The zero-order valence-electron chi connectivity index (χ0n) is 15.4. The SMILES string of the molecule is COC(=O)C1=C(C(=O)OC)[C@@H](C)[C@@H](NC(C)=O)C=C1Cc1ccccc1. The van der Waals surface area contributed by atoms with Crippen LogP contribution >= 0.6 is 0 Å². The summed E-state index contributed by atoms with van der Waals surface area (Å²) >= 11 is 0. The van der Waals surface area contributed by atoms with Crippen LogP contribution in [-0.4, -0.2) is 38.1 Å². The molecular formula is C20H23NO5. The average Bonchev–Trinajstić information content (AvgIpc) is 2.63. The third-order valence-electron chi connectivity index (χ3n) is 4.37. The Balaban J connectivity index is 2.58. The van der Waals surface area contributed by atoms with E-state index in [2.05, 4.69) is 5.32 Å². The molecule has 1 aliphatic rings. The third kappa shape index (κ3) is 4.20. The number of hydrogen-bond donors (Lipinski definition) is 1. The fraction of sp³-hybridized carbons (Fsp3) is 0.350. The molecule has 0 saturated heterocycles. The van der Waals surface area contributed by atoms with Gasteiger partial charge in [-0.25, -0.2) is 9.59 Å². The van der Waals surface area contributed by atoms with Crippen LogP contribution in [0.15, 0.2) is 53.1 Å². The fourth-order valence-corrected chi connectivity index (χ4v) is 3.13. The molecule has 6 heteroatoms. The van der Waals surface area contributed by atoms with E-state index in [0.717, 1.165) is 5.56 Å². The number of amides is 1. The number of benzene rings is 1. The standard InChI is InChI=1S/C20H23NO5/c1-12-16(21-13(2)22)11-15(10-14-8-6-5-7-9-14)18(20(24)26-4)17(12)19(23)25-3/h5-9,11-12,16H,10H2,1-4H3,(H,21,22)/t12-,16-/m0/s1. The first-order valence-electron chi connectivity index (χ1n) is 8.31. The van der Waals surface area contributed by atoms with Gasteiger partial charge in [0, 0.05) is 12.8 Å². The first kappa shape index (κ1) is 19.4. The predicted molar refractivity (Wildman–Crippen MR) is 96.1 cm³/mol. The number of ether oxygens (including phenoxy) is 2. The van der Waals surface area contributed by atoms with Crippen molar-refractivity contribution in [2.45, 2.75) is 26.3 Å². The molecule has 0 heterocycles. The largest absolute Gasteiger partial charge is 0.466 e. The molecule has 0 saturated carbocycles. The first-order chi connectivity index (χ1) is 12.4. The number of rotatable bonds is 5. The Hall–Kier alpha value is -2.89. The van der Waals surface area contributed by atoms with Crippen LogP contribution in [0.1, 0.15) is 19.4 Å². The summed E-state index contributed by atoms with van der Waals surface area (Å²) in [7, 11) is 2.54. The highest BCUT2D eigenvalue weighted by Gasteiger charge is 2.37. The molecule has 1 aromatic rings. The van der Waals surface area contributed by atoms with E-state index >= 15 is 0 Å². The molecule has 138 valence electrons. The van der Waals surface area contributed by atoms with Crippen molar-refractivity contribution in [2.24, 2.45) is 5.92 Å². The molecule has 0 spiro atoms. The lowest BCUT2D eigenvalue weighted by atomic mass is 9.78. The number of carbonyl (C=O) groups is 3. The fourth-order valence-electron chi connectivity index (χ4n) is 3.13. The number of hydrogen-bond acceptors (Lipinski definition) is 5. The van der Waals surface area contributed by atoms with Crippen LogP contribution in [0.2, 0.25) is 0 Å². The minimum Gasteiger partial charge on any atom is -0.466 e. The molecule has 1 amide bonds. The molecule has 2 atom stereocenters. The van der Waals surface area contributed by atoms with Gasteiger partial charge in [-0.3, -0.25) is 4.79 Å². The van der Waals surface area contributed by atoms with Crippen LogP contribution in [-0.2, 0) is 30.3 Å². The Kier molecular flexibility index (Phi) is 6.33. The second kappa shape index (κ2) is 8.47. The van der Waals surface area contributed by atoms with Gasteiger partial charge in [0.15, 0.2) is 0 Å². The molecule has 0 aromatic heterocycles. The zero-order chi connectivity index (χ0) is 19.3. The quantitative estimate of drug-likeness (QED) is 0.815. The molecule has 0 radical (unpaired) electrons. The monoisotopic (exact) mass is 357 g/mol. The van der Waals surface area contributed by atoms with Crippen molar-refractivity contribution in [3.05, 3.63) is 58.7 Å². The Morgan fingerprint density at radius 3 is 2.19 bits per heavy atom. The summed E-state index contributed by atoms with van der Waals surface area (Å²) in [4.78, 5) is 36.4. The van der Waals surface area contributed by atoms with Crippen LogP contribution < -0.4 is 5.32 Å². The highest BCUT2D eigenvalue weighted by molar-refractivity contribution is 6.04. The van der Waals surface area contributed by atoms with Gasteiger partial charge in [-0.05, 0) is 17.6 Å². The molecule has 0 bridgehead atoms. The molecule has 1 aromatic carbocycles. The molecule has 1 N–H and O–H groups in total. The molecule has 1 aliphatic carbocycles. The van der Waals surface area contributed by atoms with E-state index in [1.54, 1.807) is 6.92 Å². The van der Waals surface area contributed by atoms with Crippen molar-refractivity contribution < 1.29 is 23.9 Å². The van der Waals surface area contributed by atoms with Crippen LogP contribution in [0, 0.1) is 5.92 Å². The van der Waals surface area contributed by atoms with E-state index in [9.17, 15) is 14.4 Å². The smallest absolute Gasteiger partial charge is 0.338 e. The van der Waals surface area contributed by atoms with Gasteiger partial charge in [-0.15, -0.1) is 0 Å². The van der Waals surface area contributed by atoms with E-state index in [0.29, 0.717) is 12.0 Å². The van der Waals surface area contributed by atoms with Gasteiger partial charge in [0.1, 0.15) is 0 Å². The normalized spacial score (nSPS) is 19.5. The molecular weight excluding hydrogens is 334 g/mol. The Bertz CT molecular complexity index is 764. The lowest BCUT2D eigenvalue weighted by Crippen LogP contribution is -2.42.